The van der Waals surface area contributed by atoms with Crippen molar-refractivity contribution in [3.63, 3.8) is 0 Å². The number of rotatable bonds is 3. The molecule has 0 aliphatic rings. The number of aromatic hydroxyl groups is 1. The van der Waals surface area contributed by atoms with E-state index in [1.54, 1.807) is 22.8 Å². The predicted octanol–water partition coefficient (Wildman–Crippen LogP) is 3.03. The van der Waals surface area contributed by atoms with Crippen molar-refractivity contribution in [1.82, 2.24) is 9.55 Å². The van der Waals surface area contributed by atoms with Crippen molar-refractivity contribution in [3.05, 3.63) is 63.7 Å². The van der Waals surface area contributed by atoms with E-state index in [0.717, 1.165) is 0 Å². The lowest BCUT2D eigenvalue weighted by Gasteiger charge is -2.12. The molecule has 0 spiro atoms. The van der Waals surface area contributed by atoms with E-state index in [1.165, 1.54) is 24.7 Å². The number of carbonyl (C=O) groups excluding carboxylic acids is 1. The number of anilines is 1. The first kappa shape index (κ1) is 16.0. The van der Waals surface area contributed by atoms with Gasteiger partial charge in [0.15, 0.2) is 5.75 Å². The Morgan fingerprint density at radius 3 is 2.88 bits per heavy atom. The standard InChI is InChI=1S/C17H14ClN3O3/c1-2-21-9-12(16(23)11-7-10(18)3-4-14(11)21)17(24)20-13-5-6-19-8-15(13)22/h3-9,22H,2H2,1H3,(H,19,20,24). The van der Waals surface area contributed by atoms with E-state index >= 15 is 0 Å². The molecule has 0 bridgehead atoms. The Bertz CT molecular complexity index is 998. The zero-order valence-corrected chi connectivity index (χ0v) is 13.5. The van der Waals surface area contributed by atoms with Gasteiger partial charge >= 0.3 is 0 Å². The number of amides is 1. The van der Waals surface area contributed by atoms with Gasteiger partial charge in [0, 0.05) is 29.3 Å². The zero-order chi connectivity index (χ0) is 17.3. The lowest BCUT2D eigenvalue weighted by molar-refractivity contribution is 0.102. The van der Waals surface area contributed by atoms with Crippen LogP contribution in [-0.2, 0) is 6.54 Å². The highest BCUT2D eigenvalue weighted by Crippen LogP contribution is 2.22. The van der Waals surface area contributed by atoms with E-state index in [4.69, 9.17) is 11.6 Å². The first-order valence-electron chi connectivity index (χ1n) is 7.28. The van der Waals surface area contributed by atoms with Crippen molar-refractivity contribution >= 4 is 34.1 Å². The summed E-state index contributed by atoms with van der Waals surface area (Å²) in [7, 11) is 0. The van der Waals surface area contributed by atoms with Crippen LogP contribution in [0.5, 0.6) is 5.75 Å². The second kappa shape index (κ2) is 6.33. The second-order valence-electron chi connectivity index (χ2n) is 5.17. The number of aromatic nitrogens is 2. The van der Waals surface area contributed by atoms with Crippen LogP contribution in [-0.4, -0.2) is 20.6 Å². The molecular weight excluding hydrogens is 330 g/mol. The summed E-state index contributed by atoms with van der Waals surface area (Å²) >= 11 is 5.98. The number of benzene rings is 1. The fraction of sp³-hybridized carbons (Fsp3) is 0.118. The topological polar surface area (TPSA) is 84.2 Å². The molecule has 2 heterocycles. The predicted molar refractivity (Wildman–Crippen MR) is 92.7 cm³/mol. The summed E-state index contributed by atoms with van der Waals surface area (Å²) < 4.78 is 1.80. The molecule has 0 saturated heterocycles. The molecule has 3 rings (SSSR count). The van der Waals surface area contributed by atoms with Gasteiger partial charge in [-0.05, 0) is 31.2 Å². The highest BCUT2D eigenvalue weighted by atomic mass is 35.5. The number of fused-ring (bicyclic) bond motifs is 1. The largest absolute Gasteiger partial charge is 0.504 e. The molecule has 3 aromatic rings. The smallest absolute Gasteiger partial charge is 0.261 e. The first-order valence-corrected chi connectivity index (χ1v) is 7.66. The Balaban J connectivity index is 2.12. The van der Waals surface area contributed by atoms with Gasteiger partial charge in [0.1, 0.15) is 5.56 Å². The van der Waals surface area contributed by atoms with Gasteiger partial charge in [-0.3, -0.25) is 14.6 Å². The van der Waals surface area contributed by atoms with E-state index in [-0.39, 0.29) is 17.0 Å². The summed E-state index contributed by atoms with van der Waals surface area (Å²) in [5.41, 5.74) is 0.449. The monoisotopic (exact) mass is 343 g/mol. The molecule has 122 valence electrons. The molecule has 2 N–H and O–H groups in total. The number of halogens is 1. The number of nitrogens with one attached hydrogen (secondary N) is 1. The van der Waals surface area contributed by atoms with Crippen LogP contribution in [0.25, 0.3) is 10.9 Å². The SMILES string of the molecule is CCn1cc(C(=O)Nc2ccncc2O)c(=O)c2cc(Cl)ccc21. The van der Waals surface area contributed by atoms with Gasteiger partial charge in [0.05, 0.1) is 17.4 Å². The third-order valence-corrected chi connectivity index (χ3v) is 3.91. The third kappa shape index (κ3) is 2.83. The quantitative estimate of drug-likeness (QED) is 0.765. The van der Waals surface area contributed by atoms with Crippen LogP contribution in [0.1, 0.15) is 17.3 Å². The lowest BCUT2D eigenvalue weighted by Crippen LogP contribution is -2.24. The van der Waals surface area contributed by atoms with Crippen LogP contribution >= 0.6 is 11.6 Å². The molecule has 0 saturated carbocycles. The van der Waals surface area contributed by atoms with Crippen LogP contribution in [0.15, 0.2) is 47.7 Å². The summed E-state index contributed by atoms with van der Waals surface area (Å²) in [4.78, 5) is 28.9. The summed E-state index contributed by atoms with van der Waals surface area (Å²) in [5.74, 6) is -0.781. The fourth-order valence-corrected chi connectivity index (χ4v) is 2.65. The number of hydrogen-bond donors (Lipinski definition) is 2. The van der Waals surface area contributed by atoms with Gasteiger partial charge in [0.2, 0.25) is 5.43 Å². The van der Waals surface area contributed by atoms with E-state index in [0.29, 0.717) is 22.5 Å². The van der Waals surface area contributed by atoms with Gasteiger partial charge in [-0.25, -0.2) is 0 Å². The van der Waals surface area contributed by atoms with Crippen molar-refractivity contribution in [2.45, 2.75) is 13.5 Å². The number of carbonyl (C=O) groups is 1. The minimum Gasteiger partial charge on any atom is -0.504 e. The average Bonchev–Trinajstić information content (AvgIpc) is 2.57. The summed E-state index contributed by atoms with van der Waals surface area (Å²) in [6.07, 6.45) is 4.14. The molecule has 0 atom stereocenters. The van der Waals surface area contributed by atoms with Crippen LogP contribution in [0, 0.1) is 0 Å². The number of hydrogen-bond acceptors (Lipinski definition) is 4. The average molecular weight is 344 g/mol. The van der Waals surface area contributed by atoms with Crippen molar-refractivity contribution in [2.24, 2.45) is 0 Å². The van der Waals surface area contributed by atoms with E-state index < -0.39 is 11.3 Å². The highest BCUT2D eigenvalue weighted by molar-refractivity contribution is 6.31. The molecule has 0 aliphatic carbocycles. The molecule has 6 nitrogen and oxygen atoms in total. The Morgan fingerprint density at radius 1 is 1.38 bits per heavy atom. The molecule has 2 aromatic heterocycles. The minimum atomic E-state index is -0.606. The zero-order valence-electron chi connectivity index (χ0n) is 12.8. The summed E-state index contributed by atoms with van der Waals surface area (Å²) in [6.45, 7) is 2.49. The molecule has 0 aliphatic heterocycles. The maximum atomic E-state index is 12.7. The normalized spacial score (nSPS) is 10.8. The fourth-order valence-electron chi connectivity index (χ4n) is 2.47. The molecule has 1 aromatic carbocycles. The number of nitrogens with zero attached hydrogens (tertiary/aromatic N) is 2. The van der Waals surface area contributed by atoms with Gasteiger partial charge in [-0.2, -0.15) is 0 Å². The summed E-state index contributed by atoms with van der Waals surface area (Å²) in [6, 6.07) is 6.44. The molecular formula is C17H14ClN3O3. The van der Waals surface area contributed by atoms with Crippen molar-refractivity contribution in [1.29, 1.82) is 0 Å². The Morgan fingerprint density at radius 2 is 2.17 bits per heavy atom. The second-order valence-corrected chi connectivity index (χ2v) is 5.60. The van der Waals surface area contributed by atoms with E-state index in [2.05, 4.69) is 10.3 Å². The van der Waals surface area contributed by atoms with Crippen molar-refractivity contribution < 1.29 is 9.90 Å². The van der Waals surface area contributed by atoms with E-state index in [9.17, 15) is 14.7 Å². The molecule has 7 heteroatoms. The van der Waals surface area contributed by atoms with Crippen LogP contribution in [0.4, 0.5) is 5.69 Å². The van der Waals surface area contributed by atoms with Gasteiger partial charge < -0.3 is 15.0 Å². The number of aryl methyl sites for hydroxylation is 1. The van der Waals surface area contributed by atoms with Gasteiger partial charge in [0.25, 0.3) is 5.91 Å². The van der Waals surface area contributed by atoms with Gasteiger partial charge in [-0.15, -0.1) is 0 Å². The molecule has 1 amide bonds. The molecule has 0 fully saturated rings. The Kier molecular flexibility index (Phi) is 4.22. The lowest BCUT2D eigenvalue weighted by atomic mass is 10.1. The third-order valence-electron chi connectivity index (χ3n) is 3.68. The van der Waals surface area contributed by atoms with Gasteiger partial charge in [-0.1, -0.05) is 11.6 Å². The maximum Gasteiger partial charge on any atom is 0.261 e. The molecule has 0 unspecified atom stereocenters. The van der Waals surface area contributed by atoms with Crippen molar-refractivity contribution in [2.75, 3.05) is 5.32 Å². The van der Waals surface area contributed by atoms with E-state index in [1.807, 2.05) is 6.92 Å². The number of pyridine rings is 2. The van der Waals surface area contributed by atoms with Crippen LogP contribution in [0.2, 0.25) is 5.02 Å². The van der Waals surface area contributed by atoms with Crippen molar-refractivity contribution in [3.8, 4) is 5.75 Å². The Hall–Kier alpha value is -2.86. The van der Waals surface area contributed by atoms with Crippen LogP contribution in [0.3, 0.4) is 0 Å². The molecule has 0 radical (unpaired) electrons. The van der Waals surface area contributed by atoms with Crippen LogP contribution < -0.4 is 10.7 Å². The highest BCUT2D eigenvalue weighted by Gasteiger charge is 2.16. The summed E-state index contributed by atoms with van der Waals surface area (Å²) in [5, 5.41) is 13.0. The minimum absolute atomic E-state index is 0.0252. The molecule has 24 heavy (non-hydrogen) atoms. The first-order chi connectivity index (χ1) is 11.5. The Labute approximate surface area is 142 Å². The maximum absolute atomic E-state index is 12.7.